The minimum absolute atomic E-state index is 0.958. The highest BCUT2D eigenvalue weighted by Crippen LogP contribution is 2.32. The van der Waals surface area contributed by atoms with Gasteiger partial charge < -0.3 is 4.42 Å². The molecule has 0 N–H and O–H groups in total. The second kappa shape index (κ2) is 5.06. The summed E-state index contributed by atoms with van der Waals surface area (Å²) in [6, 6.07) is 0. The number of fused-ring (bicyclic) bond motifs is 3. The van der Waals surface area contributed by atoms with Crippen LogP contribution in [0.4, 0.5) is 0 Å². The molecule has 0 radical (unpaired) electrons. The average Bonchev–Trinajstić information content (AvgIpc) is 2.87. The van der Waals surface area contributed by atoms with E-state index in [0.717, 1.165) is 20.1 Å². The van der Waals surface area contributed by atoms with Crippen molar-refractivity contribution in [3.8, 4) is 0 Å². The molecular formula is C12H12B6Br2O. The Kier molecular flexibility index (Phi) is 3.73. The normalized spacial score (nSPS) is 11.5. The van der Waals surface area contributed by atoms with E-state index in [4.69, 9.17) is 4.42 Å². The summed E-state index contributed by atoms with van der Waals surface area (Å²) in [6.07, 6.45) is 0. The standard InChI is InChI=1S/C12H12B6Br2O/c13-3-1-2-4(14)6(16)8(18)10(20)12(2)21-11(1)9(19)7(17)5(3)15/h13-18H2. The first-order valence-electron chi connectivity index (χ1n) is 7.04. The SMILES string of the molecule is Bc1c(B)c(B)c2c(oc3c(Br)c(B)c(B)c(B)c32)c1Br. The maximum atomic E-state index is 6.25. The van der Waals surface area contributed by atoms with Gasteiger partial charge in [-0.3, -0.25) is 0 Å². The molecule has 3 aromatic rings. The van der Waals surface area contributed by atoms with Crippen molar-refractivity contribution in [2.45, 2.75) is 0 Å². The Bertz CT molecular complexity index is 859. The fraction of sp³-hybridized carbons (Fsp3) is 0. The Hall–Kier alpha value is -0.410. The van der Waals surface area contributed by atoms with Crippen LogP contribution in [0, 0.1) is 0 Å². The first-order chi connectivity index (χ1) is 9.77. The molecule has 0 unspecified atom stereocenters. The topological polar surface area (TPSA) is 13.1 Å². The third-order valence-electron chi connectivity index (χ3n) is 4.97. The molecule has 0 saturated carbocycles. The van der Waals surface area contributed by atoms with E-state index >= 15 is 0 Å². The molecule has 21 heavy (non-hydrogen) atoms. The molecule has 2 aromatic carbocycles. The summed E-state index contributed by atoms with van der Waals surface area (Å²) in [7, 11) is 13.0. The molecule has 9 heteroatoms. The third kappa shape index (κ3) is 1.96. The lowest BCUT2D eigenvalue weighted by Gasteiger charge is -2.12. The van der Waals surface area contributed by atoms with Crippen LogP contribution in [0.25, 0.3) is 21.9 Å². The molecule has 0 aliphatic carbocycles. The zero-order valence-electron chi connectivity index (χ0n) is 13.2. The summed E-state index contributed by atoms with van der Waals surface area (Å²) >= 11 is 7.44. The smallest absolute Gasteiger partial charge is 0.148 e. The van der Waals surface area contributed by atoms with Gasteiger partial charge in [0, 0.05) is 10.8 Å². The van der Waals surface area contributed by atoms with Gasteiger partial charge in [0.15, 0.2) is 0 Å². The van der Waals surface area contributed by atoms with Crippen molar-refractivity contribution in [1.82, 2.24) is 0 Å². The maximum Gasteiger partial charge on any atom is 0.148 e. The predicted octanol–water partition coefficient (Wildman–Crippen LogP) is -5.34. The lowest BCUT2D eigenvalue weighted by molar-refractivity contribution is 0.666. The summed E-state index contributed by atoms with van der Waals surface area (Å²) < 4.78 is 8.39. The lowest BCUT2D eigenvalue weighted by Crippen LogP contribution is -2.42. The average molecular weight is 397 g/mol. The summed E-state index contributed by atoms with van der Waals surface area (Å²) in [4.78, 5) is 0. The van der Waals surface area contributed by atoms with Crippen LogP contribution in [-0.4, -0.2) is 47.1 Å². The van der Waals surface area contributed by atoms with E-state index < -0.39 is 0 Å². The fourth-order valence-electron chi connectivity index (χ4n) is 3.06. The van der Waals surface area contributed by atoms with Gasteiger partial charge in [-0.1, -0.05) is 32.8 Å². The summed E-state index contributed by atoms with van der Waals surface area (Å²) in [5, 5.41) is 2.47. The molecule has 0 bridgehead atoms. The Morgan fingerprint density at radius 2 is 0.857 bits per heavy atom. The van der Waals surface area contributed by atoms with Crippen LogP contribution in [0.5, 0.6) is 0 Å². The highest BCUT2D eigenvalue weighted by atomic mass is 79.9. The molecule has 3 rings (SSSR count). The minimum atomic E-state index is 0.958. The van der Waals surface area contributed by atoms with E-state index in [1.165, 1.54) is 43.5 Å². The third-order valence-corrected chi connectivity index (χ3v) is 6.88. The number of hydrogen-bond donors (Lipinski definition) is 0. The largest absolute Gasteiger partial charge is 0.454 e. The molecule has 0 spiro atoms. The van der Waals surface area contributed by atoms with Crippen molar-refractivity contribution in [1.29, 1.82) is 0 Å². The Balaban J connectivity index is 2.73. The van der Waals surface area contributed by atoms with Crippen LogP contribution in [0.15, 0.2) is 13.4 Å². The molecule has 1 nitrogen and oxygen atoms in total. The molecular weight excluding hydrogens is 385 g/mol. The van der Waals surface area contributed by atoms with Crippen LogP contribution in [0.3, 0.4) is 0 Å². The number of furan rings is 1. The van der Waals surface area contributed by atoms with Gasteiger partial charge in [-0.2, -0.15) is 0 Å². The lowest BCUT2D eigenvalue weighted by atomic mass is 9.68. The quantitative estimate of drug-likeness (QED) is 0.346. The van der Waals surface area contributed by atoms with Crippen LogP contribution >= 0.6 is 31.9 Å². The van der Waals surface area contributed by atoms with E-state index in [-0.39, 0.29) is 0 Å². The van der Waals surface area contributed by atoms with Crippen molar-refractivity contribution in [2.75, 3.05) is 0 Å². The summed E-state index contributed by atoms with van der Waals surface area (Å²) in [6.45, 7) is 0. The molecule has 1 heterocycles. The van der Waals surface area contributed by atoms with Crippen LogP contribution in [0.2, 0.25) is 0 Å². The monoisotopic (exact) mass is 396 g/mol. The van der Waals surface area contributed by atoms with Crippen molar-refractivity contribution in [2.24, 2.45) is 0 Å². The molecule has 0 saturated heterocycles. The number of benzene rings is 2. The highest BCUT2D eigenvalue weighted by Gasteiger charge is 2.21. The fourth-order valence-corrected chi connectivity index (χ4v) is 4.22. The predicted molar refractivity (Wildman–Crippen MR) is 118 cm³/mol. The highest BCUT2D eigenvalue weighted by molar-refractivity contribution is 9.11. The van der Waals surface area contributed by atoms with E-state index in [9.17, 15) is 0 Å². The van der Waals surface area contributed by atoms with Crippen LogP contribution < -0.4 is 32.8 Å². The molecule has 98 valence electrons. The van der Waals surface area contributed by atoms with Gasteiger partial charge in [-0.25, -0.2) is 0 Å². The Morgan fingerprint density at radius 1 is 0.524 bits per heavy atom. The number of halogens is 2. The van der Waals surface area contributed by atoms with Gasteiger partial charge in [0.05, 0.1) is 8.95 Å². The van der Waals surface area contributed by atoms with Crippen molar-refractivity contribution < 1.29 is 4.42 Å². The van der Waals surface area contributed by atoms with Gasteiger partial charge in [0.1, 0.15) is 58.2 Å². The Morgan fingerprint density at radius 3 is 1.19 bits per heavy atom. The van der Waals surface area contributed by atoms with E-state index in [2.05, 4.69) is 78.9 Å². The molecule has 0 fully saturated rings. The van der Waals surface area contributed by atoms with Gasteiger partial charge in [0.2, 0.25) is 0 Å². The van der Waals surface area contributed by atoms with E-state index in [1.807, 2.05) is 0 Å². The molecule has 0 atom stereocenters. The molecule has 0 aliphatic rings. The van der Waals surface area contributed by atoms with E-state index in [0.29, 0.717) is 0 Å². The number of hydrogen-bond acceptors (Lipinski definition) is 1. The van der Waals surface area contributed by atoms with Gasteiger partial charge in [-0.05, 0) is 31.9 Å². The first kappa shape index (κ1) is 15.5. The zero-order valence-corrected chi connectivity index (χ0v) is 16.3. The zero-order chi connectivity index (χ0) is 15.6. The van der Waals surface area contributed by atoms with Crippen LogP contribution in [-0.2, 0) is 0 Å². The second-order valence-electron chi connectivity index (χ2n) is 5.89. The molecule has 1 aromatic heterocycles. The Labute approximate surface area is 146 Å². The van der Waals surface area contributed by atoms with Gasteiger partial charge >= 0.3 is 0 Å². The summed E-state index contributed by atoms with van der Waals surface area (Å²) in [5.41, 5.74) is 9.68. The maximum absolute atomic E-state index is 6.25. The van der Waals surface area contributed by atoms with Gasteiger partial charge in [0.25, 0.3) is 0 Å². The number of rotatable bonds is 0. The van der Waals surface area contributed by atoms with E-state index in [1.54, 1.807) is 0 Å². The van der Waals surface area contributed by atoms with Crippen molar-refractivity contribution in [3.05, 3.63) is 8.95 Å². The van der Waals surface area contributed by atoms with Crippen molar-refractivity contribution >= 4 is 134 Å². The summed E-state index contributed by atoms with van der Waals surface area (Å²) in [5.74, 6) is 0. The minimum Gasteiger partial charge on any atom is -0.454 e. The van der Waals surface area contributed by atoms with Gasteiger partial charge in [-0.15, -0.1) is 0 Å². The van der Waals surface area contributed by atoms with Crippen molar-refractivity contribution in [3.63, 3.8) is 0 Å². The molecule has 0 amide bonds. The second-order valence-corrected chi connectivity index (χ2v) is 7.47. The first-order valence-corrected chi connectivity index (χ1v) is 8.62. The molecule has 0 aliphatic heterocycles. The van der Waals surface area contributed by atoms with Crippen LogP contribution in [0.1, 0.15) is 0 Å².